The largest absolute Gasteiger partial charge is 0.340 e. The van der Waals surface area contributed by atoms with Crippen LogP contribution in [0.25, 0.3) is 0 Å². The molecule has 3 heterocycles. The van der Waals surface area contributed by atoms with Gasteiger partial charge in [-0.05, 0) is 47.1 Å². The second-order valence-electron chi connectivity index (χ2n) is 7.60. The maximum Gasteiger partial charge on any atom is 0.239 e. The van der Waals surface area contributed by atoms with Crippen LogP contribution in [0.4, 0.5) is 5.82 Å². The molecule has 1 N–H and O–H groups in total. The van der Waals surface area contributed by atoms with Gasteiger partial charge in [-0.1, -0.05) is 5.16 Å². The number of aromatic nitrogens is 4. The SMILES string of the molecule is Cc1cc(NC(=O)CN2CCC[C@H]2c2noc(C)n2)n(C(C)(C)C)n1. The predicted molar refractivity (Wildman–Crippen MR) is 93.2 cm³/mol. The third-order valence-corrected chi connectivity index (χ3v) is 4.29. The van der Waals surface area contributed by atoms with E-state index in [2.05, 4.69) is 46.2 Å². The molecule has 0 aromatic carbocycles. The first-order valence-corrected chi connectivity index (χ1v) is 8.65. The highest BCUT2D eigenvalue weighted by Gasteiger charge is 2.31. The van der Waals surface area contributed by atoms with Gasteiger partial charge < -0.3 is 9.84 Å². The normalized spacial score (nSPS) is 18.7. The number of aryl methyl sites for hydroxylation is 2. The van der Waals surface area contributed by atoms with E-state index in [1.165, 1.54) is 0 Å². The van der Waals surface area contributed by atoms with Crippen molar-refractivity contribution in [1.29, 1.82) is 0 Å². The molecule has 0 spiro atoms. The minimum atomic E-state index is -0.199. The molecule has 3 rings (SSSR count). The number of amides is 1. The lowest BCUT2D eigenvalue weighted by atomic mass is 10.1. The maximum atomic E-state index is 12.6. The Labute approximate surface area is 147 Å². The van der Waals surface area contributed by atoms with Crippen molar-refractivity contribution in [3.8, 4) is 0 Å². The molecule has 1 aliphatic heterocycles. The van der Waals surface area contributed by atoms with E-state index in [0.717, 1.165) is 30.9 Å². The number of carbonyl (C=O) groups excluding carboxylic acids is 1. The van der Waals surface area contributed by atoms with E-state index in [1.54, 1.807) is 6.92 Å². The van der Waals surface area contributed by atoms with Gasteiger partial charge in [0.2, 0.25) is 11.8 Å². The zero-order valence-corrected chi connectivity index (χ0v) is 15.5. The van der Waals surface area contributed by atoms with Gasteiger partial charge in [0.25, 0.3) is 0 Å². The fraction of sp³-hybridized carbons (Fsp3) is 0.647. The number of nitrogens with zero attached hydrogens (tertiary/aromatic N) is 5. The average Bonchev–Trinajstić information content (AvgIpc) is 3.18. The number of carbonyl (C=O) groups is 1. The smallest absolute Gasteiger partial charge is 0.239 e. The number of hydrogen-bond donors (Lipinski definition) is 1. The highest BCUT2D eigenvalue weighted by molar-refractivity contribution is 5.91. The summed E-state index contributed by atoms with van der Waals surface area (Å²) in [6.45, 7) is 11.0. The molecule has 8 nitrogen and oxygen atoms in total. The molecule has 0 unspecified atom stereocenters. The highest BCUT2D eigenvalue weighted by Crippen LogP contribution is 2.30. The van der Waals surface area contributed by atoms with Crippen molar-refractivity contribution < 1.29 is 9.32 Å². The van der Waals surface area contributed by atoms with Crippen LogP contribution in [0.3, 0.4) is 0 Å². The van der Waals surface area contributed by atoms with Crippen LogP contribution < -0.4 is 5.32 Å². The molecule has 136 valence electrons. The summed E-state index contributed by atoms with van der Waals surface area (Å²) >= 11 is 0. The third-order valence-electron chi connectivity index (χ3n) is 4.29. The van der Waals surface area contributed by atoms with E-state index in [9.17, 15) is 4.79 Å². The lowest BCUT2D eigenvalue weighted by Crippen LogP contribution is -2.34. The van der Waals surface area contributed by atoms with Gasteiger partial charge in [0.05, 0.1) is 23.8 Å². The fourth-order valence-electron chi connectivity index (χ4n) is 3.22. The minimum Gasteiger partial charge on any atom is -0.340 e. The Morgan fingerprint density at radius 3 is 2.80 bits per heavy atom. The van der Waals surface area contributed by atoms with Crippen molar-refractivity contribution in [3.63, 3.8) is 0 Å². The molecule has 0 radical (unpaired) electrons. The third kappa shape index (κ3) is 3.89. The maximum absolute atomic E-state index is 12.6. The molecule has 2 aromatic heterocycles. The van der Waals surface area contributed by atoms with Gasteiger partial charge in [-0.2, -0.15) is 10.1 Å². The Morgan fingerprint density at radius 2 is 2.16 bits per heavy atom. The van der Waals surface area contributed by atoms with Crippen LogP contribution in [0.2, 0.25) is 0 Å². The summed E-state index contributed by atoms with van der Waals surface area (Å²) in [5.74, 6) is 1.88. The van der Waals surface area contributed by atoms with Gasteiger partial charge in [0, 0.05) is 13.0 Å². The monoisotopic (exact) mass is 346 g/mol. The summed E-state index contributed by atoms with van der Waals surface area (Å²) in [5, 5.41) is 11.5. The topological polar surface area (TPSA) is 89.1 Å². The lowest BCUT2D eigenvalue weighted by Gasteiger charge is -2.24. The first kappa shape index (κ1) is 17.6. The van der Waals surface area contributed by atoms with Gasteiger partial charge in [-0.25, -0.2) is 4.68 Å². The molecule has 8 heteroatoms. The van der Waals surface area contributed by atoms with Crippen molar-refractivity contribution in [2.45, 2.75) is 59.0 Å². The molecule has 0 aliphatic carbocycles. The van der Waals surface area contributed by atoms with Gasteiger partial charge >= 0.3 is 0 Å². The molecule has 1 aliphatic rings. The molecule has 25 heavy (non-hydrogen) atoms. The summed E-state index contributed by atoms with van der Waals surface area (Å²) in [6, 6.07) is 1.94. The predicted octanol–water partition coefficient (Wildman–Crippen LogP) is 2.41. The summed E-state index contributed by atoms with van der Waals surface area (Å²) in [7, 11) is 0. The molecule has 0 saturated carbocycles. The average molecular weight is 346 g/mol. The molecule has 1 fully saturated rings. The summed E-state index contributed by atoms with van der Waals surface area (Å²) in [6.07, 6.45) is 1.95. The molecule has 1 amide bonds. The first-order chi connectivity index (χ1) is 11.7. The number of likely N-dealkylation sites (tertiary alicyclic amines) is 1. The summed E-state index contributed by atoms with van der Waals surface area (Å²) in [5.41, 5.74) is 0.682. The number of anilines is 1. The van der Waals surface area contributed by atoms with Crippen molar-refractivity contribution in [3.05, 3.63) is 23.5 Å². The molecular formula is C17H26N6O2. The van der Waals surface area contributed by atoms with Crippen LogP contribution in [0.1, 0.15) is 57.1 Å². The lowest BCUT2D eigenvalue weighted by molar-refractivity contribution is -0.117. The number of nitrogens with one attached hydrogen (secondary N) is 1. The molecule has 2 aromatic rings. The van der Waals surface area contributed by atoms with Gasteiger partial charge in [-0.3, -0.25) is 9.69 Å². The first-order valence-electron chi connectivity index (χ1n) is 8.65. The van der Waals surface area contributed by atoms with Crippen LogP contribution in [0.15, 0.2) is 10.6 Å². The minimum absolute atomic E-state index is 0.0393. The fourth-order valence-corrected chi connectivity index (χ4v) is 3.22. The molecule has 0 bridgehead atoms. The quantitative estimate of drug-likeness (QED) is 0.914. The Hall–Kier alpha value is -2.22. The summed E-state index contributed by atoms with van der Waals surface area (Å²) in [4.78, 5) is 19.0. The standard InChI is InChI=1S/C17H26N6O2/c1-11-9-14(23(20-11)17(3,4)5)19-15(24)10-22-8-6-7-13(22)16-18-12(2)25-21-16/h9,13H,6-8,10H2,1-5H3,(H,19,24)/t13-/m0/s1. The second kappa shape index (κ2) is 6.59. The number of hydrogen-bond acceptors (Lipinski definition) is 6. The second-order valence-corrected chi connectivity index (χ2v) is 7.60. The van der Waals surface area contributed by atoms with Gasteiger partial charge in [0.1, 0.15) is 5.82 Å². The van der Waals surface area contributed by atoms with E-state index in [4.69, 9.17) is 4.52 Å². The van der Waals surface area contributed by atoms with Crippen LogP contribution in [-0.2, 0) is 10.3 Å². The molecular weight excluding hydrogens is 320 g/mol. The van der Waals surface area contributed by atoms with Crippen LogP contribution in [0, 0.1) is 13.8 Å². The zero-order valence-electron chi connectivity index (χ0n) is 15.5. The highest BCUT2D eigenvalue weighted by atomic mass is 16.5. The van der Waals surface area contributed by atoms with E-state index in [0.29, 0.717) is 18.3 Å². The van der Waals surface area contributed by atoms with Crippen LogP contribution >= 0.6 is 0 Å². The Morgan fingerprint density at radius 1 is 1.40 bits per heavy atom. The molecule has 1 atom stereocenters. The molecule has 1 saturated heterocycles. The van der Waals surface area contributed by atoms with E-state index in [-0.39, 0.29) is 17.5 Å². The van der Waals surface area contributed by atoms with Gasteiger partial charge in [0.15, 0.2) is 5.82 Å². The zero-order chi connectivity index (χ0) is 18.2. The number of rotatable bonds is 4. The Bertz CT molecular complexity index is 758. The van der Waals surface area contributed by atoms with Crippen LogP contribution in [0.5, 0.6) is 0 Å². The van der Waals surface area contributed by atoms with E-state index in [1.807, 2.05) is 17.7 Å². The van der Waals surface area contributed by atoms with E-state index >= 15 is 0 Å². The van der Waals surface area contributed by atoms with E-state index < -0.39 is 0 Å². The van der Waals surface area contributed by atoms with Gasteiger partial charge in [-0.15, -0.1) is 0 Å². The Kier molecular flexibility index (Phi) is 4.64. The van der Waals surface area contributed by atoms with Crippen molar-refractivity contribution >= 4 is 11.7 Å². The Balaban J connectivity index is 1.69. The summed E-state index contributed by atoms with van der Waals surface area (Å²) < 4.78 is 6.93. The van der Waals surface area contributed by atoms with Crippen molar-refractivity contribution in [1.82, 2.24) is 24.8 Å². The van der Waals surface area contributed by atoms with Crippen LogP contribution in [-0.4, -0.2) is 43.8 Å². The van der Waals surface area contributed by atoms with Crippen molar-refractivity contribution in [2.24, 2.45) is 0 Å². The van der Waals surface area contributed by atoms with Crippen molar-refractivity contribution in [2.75, 3.05) is 18.4 Å².